The molecule has 1 heterocycles. The second-order valence-electron chi connectivity index (χ2n) is 4.02. The van der Waals surface area contributed by atoms with Gasteiger partial charge in [-0.15, -0.1) is 0 Å². The maximum Gasteiger partial charge on any atom is 0.223 e. The molecule has 5 nitrogen and oxygen atoms in total. The van der Waals surface area contributed by atoms with Gasteiger partial charge in [-0.05, 0) is 19.3 Å². The molecule has 1 saturated carbocycles. The molecule has 88 valence electrons. The Bertz CT molecular complexity index is 346. The number of nitrogens with two attached hydrogens (primary N) is 1. The molecule has 1 aromatic rings. The normalized spacial score (nSPS) is 25.3. The molecule has 16 heavy (non-hydrogen) atoms. The highest BCUT2D eigenvalue weighted by Crippen LogP contribution is 2.24. The van der Waals surface area contributed by atoms with Gasteiger partial charge in [0, 0.05) is 25.8 Å². The minimum Gasteiger partial charge on any atom is -0.474 e. The van der Waals surface area contributed by atoms with Gasteiger partial charge in [-0.2, -0.15) is 4.98 Å². The molecule has 0 radical (unpaired) electrons. The van der Waals surface area contributed by atoms with Gasteiger partial charge in [-0.1, -0.05) is 0 Å². The van der Waals surface area contributed by atoms with Crippen molar-refractivity contribution in [2.45, 2.75) is 37.9 Å². The fourth-order valence-electron chi connectivity index (χ4n) is 2.02. The summed E-state index contributed by atoms with van der Waals surface area (Å²) in [7, 11) is 1.75. The van der Waals surface area contributed by atoms with E-state index in [1.807, 2.05) is 0 Å². The van der Waals surface area contributed by atoms with Crippen LogP contribution in [0.2, 0.25) is 0 Å². The molecule has 5 heteroatoms. The van der Waals surface area contributed by atoms with Crippen LogP contribution in [0.4, 0.5) is 5.95 Å². The van der Waals surface area contributed by atoms with Crippen LogP contribution in [0.25, 0.3) is 0 Å². The van der Waals surface area contributed by atoms with E-state index in [4.69, 9.17) is 15.2 Å². The van der Waals surface area contributed by atoms with E-state index in [-0.39, 0.29) is 12.1 Å². The largest absolute Gasteiger partial charge is 0.474 e. The lowest BCUT2D eigenvalue weighted by Gasteiger charge is -2.28. The summed E-state index contributed by atoms with van der Waals surface area (Å²) < 4.78 is 11.1. The quantitative estimate of drug-likeness (QED) is 0.838. The number of hydrogen-bond acceptors (Lipinski definition) is 5. The smallest absolute Gasteiger partial charge is 0.223 e. The first kappa shape index (κ1) is 11.1. The summed E-state index contributed by atoms with van der Waals surface area (Å²) in [6.45, 7) is 0. The zero-order valence-electron chi connectivity index (χ0n) is 9.43. The van der Waals surface area contributed by atoms with Gasteiger partial charge in [0.25, 0.3) is 0 Å². The molecule has 1 aromatic heterocycles. The standard InChI is InChI=1S/C11H17N3O2/c1-15-8-3-2-4-9(7-8)16-10-5-6-13-11(12)14-10/h5-6,8-9H,2-4,7H2,1H3,(H2,12,13,14)/t8-,9-/m1/s1. The minimum absolute atomic E-state index is 0.174. The summed E-state index contributed by atoms with van der Waals surface area (Å²) in [5, 5.41) is 0. The maximum absolute atomic E-state index is 5.76. The van der Waals surface area contributed by atoms with Crippen LogP contribution < -0.4 is 10.5 Å². The summed E-state index contributed by atoms with van der Waals surface area (Å²) >= 11 is 0. The van der Waals surface area contributed by atoms with Crippen LogP contribution in [0.3, 0.4) is 0 Å². The molecule has 0 saturated heterocycles. The van der Waals surface area contributed by atoms with Crippen molar-refractivity contribution in [2.24, 2.45) is 0 Å². The van der Waals surface area contributed by atoms with Gasteiger partial charge in [-0.3, -0.25) is 0 Å². The zero-order chi connectivity index (χ0) is 11.4. The Hall–Kier alpha value is -1.36. The van der Waals surface area contributed by atoms with Crippen molar-refractivity contribution in [3.8, 4) is 5.88 Å². The Kier molecular flexibility index (Phi) is 3.56. The topological polar surface area (TPSA) is 70.3 Å². The zero-order valence-corrected chi connectivity index (χ0v) is 9.43. The number of methoxy groups -OCH3 is 1. The van der Waals surface area contributed by atoms with E-state index >= 15 is 0 Å². The van der Waals surface area contributed by atoms with Gasteiger partial charge < -0.3 is 15.2 Å². The highest BCUT2D eigenvalue weighted by molar-refractivity contribution is 5.20. The van der Waals surface area contributed by atoms with Crippen molar-refractivity contribution in [2.75, 3.05) is 12.8 Å². The van der Waals surface area contributed by atoms with Crippen LogP contribution in [0.5, 0.6) is 5.88 Å². The van der Waals surface area contributed by atoms with Crippen molar-refractivity contribution in [1.29, 1.82) is 0 Å². The number of nitrogens with zero attached hydrogens (tertiary/aromatic N) is 2. The number of aromatic nitrogens is 2. The number of anilines is 1. The lowest BCUT2D eigenvalue weighted by molar-refractivity contribution is 0.0195. The van der Waals surface area contributed by atoms with Crippen molar-refractivity contribution in [3.63, 3.8) is 0 Å². The maximum atomic E-state index is 5.76. The first-order valence-electron chi connectivity index (χ1n) is 5.56. The third-order valence-corrected chi connectivity index (χ3v) is 2.85. The fourth-order valence-corrected chi connectivity index (χ4v) is 2.02. The van der Waals surface area contributed by atoms with E-state index in [0.717, 1.165) is 25.7 Å². The van der Waals surface area contributed by atoms with E-state index in [9.17, 15) is 0 Å². The van der Waals surface area contributed by atoms with E-state index in [2.05, 4.69) is 9.97 Å². The second-order valence-corrected chi connectivity index (χ2v) is 4.02. The Balaban J connectivity index is 1.94. The average Bonchev–Trinajstić information content (AvgIpc) is 2.29. The number of hydrogen-bond donors (Lipinski definition) is 1. The van der Waals surface area contributed by atoms with Crippen molar-refractivity contribution in [3.05, 3.63) is 12.3 Å². The van der Waals surface area contributed by atoms with Crippen LogP contribution in [0, 0.1) is 0 Å². The monoisotopic (exact) mass is 223 g/mol. The number of nitrogen functional groups attached to an aromatic ring is 1. The van der Waals surface area contributed by atoms with Gasteiger partial charge in [-0.25, -0.2) is 4.98 Å². The van der Waals surface area contributed by atoms with Crippen molar-refractivity contribution >= 4 is 5.95 Å². The SMILES string of the molecule is CO[C@@H]1CCC[C@@H](Oc2ccnc(N)n2)C1. The van der Waals surface area contributed by atoms with Gasteiger partial charge in [0.15, 0.2) is 0 Å². The molecular weight excluding hydrogens is 206 g/mol. The molecule has 0 spiro atoms. The summed E-state index contributed by atoms with van der Waals surface area (Å²) in [5.74, 6) is 0.797. The summed E-state index contributed by atoms with van der Waals surface area (Å²) in [6, 6.07) is 1.73. The first-order chi connectivity index (χ1) is 7.78. The molecule has 0 unspecified atom stereocenters. The van der Waals surface area contributed by atoms with Crippen molar-refractivity contribution < 1.29 is 9.47 Å². The molecule has 1 fully saturated rings. The van der Waals surface area contributed by atoms with Crippen molar-refractivity contribution in [1.82, 2.24) is 9.97 Å². The Morgan fingerprint density at radius 2 is 2.19 bits per heavy atom. The second kappa shape index (κ2) is 5.12. The van der Waals surface area contributed by atoms with E-state index in [0.29, 0.717) is 12.0 Å². The molecule has 1 aliphatic rings. The summed E-state index contributed by atoms with van der Waals surface area (Å²) in [6.07, 6.45) is 6.29. The first-order valence-corrected chi connectivity index (χ1v) is 5.56. The van der Waals surface area contributed by atoms with Crippen LogP contribution in [0.15, 0.2) is 12.3 Å². The van der Waals surface area contributed by atoms with E-state index < -0.39 is 0 Å². The minimum atomic E-state index is 0.174. The Labute approximate surface area is 95.0 Å². The molecule has 1 aliphatic carbocycles. The predicted molar refractivity (Wildman–Crippen MR) is 60.1 cm³/mol. The molecule has 0 aliphatic heterocycles. The summed E-state index contributed by atoms with van der Waals surface area (Å²) in [5.41, 5.74) is 5.49. The van der Waals surface area contributed by atoms with Crippen LogP contribution >= 0.6 is 0 Å². The van der Waals surface area contributed by atoms with Gasteiger partial charge in [0.2, 0.25) is 11.8 Å². The number of ether oxygens (including phenoxy) is 2. The molecule has 0 amide bonds. The molecule has 0 aromatic carbocycles. The molecule has 2 rings (SSSR count). The lowest BCUT2D eigenvalue weighted by Crippen LogP contribution is -2.29. The third-order valence-electron chi connectivity index (χ3n) is 2.85. The Morgan fingerprint density at radius 3 is 2.94 bits per heavy atom. The van der Waals surface area contributed by atoms with E-state index in [1.54, 1.807) is 19.4 Å². The van der Waals surface area contributed by atoms with Crippen LogP contribution in [-0.4, -0.2) is 29.3 Å². The molecule has 2 atom stereocenters. The Morgan fingerprint density at radius 1 is 1.38 bits per heavy atom. The lowest BCUT2D eigenvalue weighted by atomic mass is 9.95. The van der Waals surface area contributed by atoms with Crippen LogP contribution in [-0.2, 0) is 4.74 Å². The predicted octanol–water partition coefficient (Wildman–Crippen LogP) is 1.40. The van der Waals surface area contributed by atoms with Gasteiger partial charge in [0.1, 0.15) is 6.10 Å². The third kappa shape index (κ3) is 2.82. The summed E-state index contributed by atoms with van der Waals surface area (Å²) in [4.78, 5) is 7.85. The highest BCUT2D eigenvalue weighted by atomic mass is 16.5. The van der Waals surface area contributed by atoms with E-state index in [1.165, 1.54) is 0 Å². The van der Waals surface area contributed by atoms with Crippen LogP contribution in [0.1, 0.15) is 25.7 Å². The fraction of sp³-hybridized carbons (Fsp3) is 0.636. The number of rotatable bonds is 3. The highest BCUT2D eigenvalue weighted by Gasteiger charge is 2.23. The van der Waals surface area contributed by atoms with Gasteiger partial charge >= 0.3 is 0 Å². The molecule has 2 N–H and O–H groups in total. The molecular formula is C11H17N3O2. The van der Waals surface area contributed by atoms with Gasteiger partial charge in [0.05, 0.1) is 6.10 Å². The average molecular weight is 223 g/mol. The molecule has 0 bridgehead atoms.